The van der Waals surface area contributed by atoms with Gasteiger partial charge >= 0.3 is 0 Å². The molecule has 0 bridgehead atoms. The molecule has 10 heteroatoms. The van der Waals surface area contributed by atoms with Crippen LogP contribution in [0.4, 0.5) is 15.8 Å². The highest BCUT2D eigenvalue weighted by Crippen LogP contribution is 2.30. The molecule has 9 nitrogen and oxygen atoms in total. The molecular formula is C23H24FN7O2. The van der Waals surface area contributed by atoms with E-state index in [-0.39, 0.29) is 40.4 Å². The predicted octanol–water partition coefficient (Wildman–Crippen LogP) is 2.87. The van der Waals surface area contributed by atoms with Gasteiger partial charge in [-0.2, -0.15) is 0 Å². The quantitative estimate of drug-likeness (QED) is 0.441. The first-order valence-corrected chi connectivity index (χ1v) is 10.7. The molecule has 4 heterocycles. The van der Waals surface area contributed by atoms with E-state index in [0.717, 1.165) is 18.8 Å². The van der Waals surface area contributed by atoms with Gasteiger partial charge in [0.1, 0.15) is 11.0 Å². The SMILES string of the molecule is Cc1cn2cc(NC(=O)c3ccc(N4CC(C)NC(C)C4)c4ncc(O)nc34)cc(F)c2n1. The molecule has 1 aromatic carbocycles. The second-order valence-corrected chi connectivity index (χ2v) is 8.58. The average Bonchev–Trinajstić information content (AvgIpc) is 3.12. The van der Waals surface area contributed by atoms with E-state index in [9.17, 15) is 14.3 Å². The van der Waals surface area contributed by atoms with Gasteiger partial charge in [-0.15, -0.1) is 0 Å². The Morgan fingerprint density at radius 1 is 1.18 bits per heavy atom. The number of carbonyl (C=O) groups excluding carboxylic acids is 1. The number of piperazine rings is 1. The van der Waals surface area contributed by atoms with Crippen LogP contribution >= 0.6 is 0 Å². The lowest BCUT2D eigenvalue weighted by Crippen LogP contribution is -2.54. The van der Waals surface area contributed by atoms with Crippen LogP contribution in [0.5, 0.6) is 5.88 Å². The normalized spacial score (nSPS) is 18.7. The number of aryl methyl sites for hydroxylation is 1. The summed E-state index contributed by atoms with van der Waals surface area (Å²) in [6, 6.07) is 5.30. The summed E-state index contributed by atoms with van der Waals surface area (Å²) >= 11 is 0. The predicted molar refractivity (Wildman–Crippen MR) is 123 cm³/mol. The number of imidazole rings is 1. The van der Waals surface area contributed by atoms with Crippen molar-refractivity contribution in [2.45, 2.75) is 32.9 Å². The number of nitrogens with one attached hydrogen (secondary N) is 2. The lowest BCUT2D eigenvalue weighted by molar-refractivity contribution is 0.102. The summed E-state index contributed by atoms with van der Waals surface area (Å²) < 4.78 is 16.0. The van der Waals surface area contributed by atoms with Gasteiger partial charge in [0, 0.05) is 43.6 Å². The van der Waals surface area contributed by atoms with Gasteiger partial charge < -0.3 is 25.0 Å². The first kappa shape index (κ1) is 21.1. The highest BCUT2D eigenvalue weighted by atomic mass is 19.1. The molecule has 3 aromatic heterocycles. The van der Waals surface area contributed by atoms with Crippen molar-refractivity contribution < 1.29 is 14.3 Å². The van der Waals surface area contributed by atoms with Crippen LogP contribution in [-0.4, -0.2) is 55.5 Å². The van der Waals surface area contributed by atoms with Crippen LogP contribution in [0.25, 0.3) is 16.7 Å². The van der Waals surface area contributed by atoms with Gasteiger partial charge in [0.15, 0.2) is 11.5 Å². The van der Waals surface area contributed by atoms with Gasteiger partial charge in [0.05, 0.1) is 28.8 Å². The number of anilines is 2. The van der Waals surface area contributed by atoms with Crippen LogP contribution in [0.3, 0.4) is 0 Å². The zero-order chi connectivity index (χ0) is 23.3. The van der Waals surface area contributed by atoms with Crippen LogP contribution < -0.4 is 15.5 Å². The first-order valence-electron chi connectivity index (χ1n) is 10.7. The Morgan fingerprint density at radius 2 is 1.94 bits per heavy atom. The number of aromatic hydroxyl groups is 1. The molecule has 0 radical (unpaired) electrons. The zero-order valence-corrected chi connectivity index (χ0v) is 18.5. The van der Waals surface area contributed by atoms with E-state index in [2.05, 4.69) is 44.3 Å². The Hall–Kier alpha value is -3.79. The number of pyridine rings is 1. The maximum atomic E-state index is 14.4. The number of carbonyl (C=O) groups is 1. The summed E-state index contributed by atoms with van der Waals surface area (Å²) in [5.41, 5.74) is 3.01. The zero-order valence-electron chi connectivity index (χ0n) is 18.5. The van der Waals surface area contributed by atoms with Crippen molar-refractivity contribution in [3.8, 4) is 5.88 Å². The van der Waals surface area contributed by atoms with Crippen molar-refractivity contribution in [3.63, 3.8) is 0 Å². The molecule has 0 aliphatic carbocycles. The molecule has 1 aliphatic rings. The van der Waals surface area contributed by atoms with Crippen molar-refractivity contribution in [1.29, 1.82) is 0 Å². The Balaban J connectivity index is 1.53. The van der Waals surface area contributed by atoms with E-state index in [4.69, 9.17) is 0 Å². The van der Waals surface area contributed by atoms with E-state index in [1.54, 1.807) is 25.4 Å². The minimum absolute atomic E-state index is 0.190. The molecule has 1 amide bonds. The number of halogens is 1. The van der Waals surface area contributed by atoms with E-state index in [1.807, 2.05) is 6.07 Å². The molecule has 5 rings (SSSR count). The molecule has 0 saturated carbocycles. The molecule has 0 spiro atoms. The largest absolute Gasteiger partial charge is 0.492 e. The van der Waals surface area contributed by atoms with Crippen molar-refractivity contribution in [3.05, 3.63) is 53.9 Å². The van der Waals surface area contributed by atoms with E-state index in [0.29, 0.717) is 11.2 Å². The maximum Gasteiger partial charge on any atom is 0.257 e. The molecule has 1 aliphatic heterocycles. The molecule has 2 atom stereocenters. The summed E-state index contributed by atoms with van der Waals surface area (Å²) in [5.74, 6) is -1.30. The van der Waals surface area contributed by atoms with Crippen molar-refractivity contribution in [2.75, 3.05) is 23.3 Å². The van der Waals surface area contributed by atoms with Crippen LogP contribution in [0, 0.1) is 12.7 Å². The second-order valence-electron chi connectivity index (χ2n) is 8.58. The third-order valence-corrected chi connectivity index (χ3v) is 5.69. The Kier molecular flexibility index (Phi) is 5.09. The van der Waals surface area contributed by atoms with E-state index in [1.165, 1.54) is 16.7 Å². The smallest absolute Gasteiger partial charge is 0.257 e. The average molecular weight is 449 g/mol. The third kappa shape index (κ3) is 3.93. The van der Waals surface area contributed by atoms with E-state index < -0.39 is 11.7 Å². The van der Waals surface area contributed by atoms with E-state index >= 15 is 0 Å². The number of aromatic nitrogens is 4. The van der Waals surface area contributed by atoms with Gasteiger partial charge in [-0.25, -0.2) is 19.3 Å². The number of rotatable bonds is 3. The van der Waals surface area contributed by atoms with Gasteiger partial charge in [-0.05, 0) is 32.9 Å². The summed E-state index contributed by atoms with van der Waals surface area (Å²) in [7, 11) is 0. The molecule has 170 valence electrons. The Morgan fingerprint density at radius 3 is 2.70 bits per heavy atom. The summed E-state index contributed by atoms with van der Waals surface area (Å²) in [6.45, 7) is 7.54. The van der Waals surface area contributed by atoms with Crippen LogP contribution in [0.1, 0.15) is 29.9 Å². The molecule has 33 heavy (non-hydrogen) atoms. The van der Waals surface area contributed by atoms with Crippen LogP contribution in [0.2, 0.25) is 0 Å². The second kappa shape index (κ2) is 7.96. The minimum Gasteiger partial charge on any atom is -0.492 e. The van der Waals surface area contributed by atoms with Crippen molar-refractivity contribution in [2.24, 2.45) is 0 Å². The number of hydrogen-bond donors (Lipinski definition) is 3. The highest BCUT2D eigenvalue weighted by molar-refractivity contribution is 6.13. The summed E-state index contributed by atoms with van der Waals surface area (Å²) in [6.07, 6.45) is 4.55. The standard InChI is InChI=1S/C23H24FN7O2/c1-12-8-30(9-13(2)26-12)18-5-4-16(20-21(18)25-7-19(32)29-20)23(33)28-15-6-17(24)22-27-14(3)10-31(22)11-15/h4-7,10-13,26H,8-9H2,1-3H3,(H,28,33)(H,29,32). The fourth-order valence-electron chi connectivity index (χ4n) is 4.48. The third-order valence-electron chi connectivity index (χ3n) is 5.69. The maximum absolute atomic E-state index is 14.4. The molecule has 4 aromatic rings. The number of fused-ring (bicyclic) bond motifs is 2. The fourth-order valence-corrected chi connectivity index (χ4v) is 4.48. The molecule has 3 N–H and O–H groups in total. The van der Waals surface area contributed by atoms with Crippen LogP contribution in [0.15, 0.2) is 36.8 Å². The number of benzene rings is 1. The Labute approximate surface area is 189 Å². The minimum atomic E-state index is -0.541. The molecule has 2 unspecified atom stereocenters. The van der Waals surface area contributed by atoms with Gasteiger partial charge in [0.2, 0.25) is 5.88 Å². The van der Waals surface area contributed by atoms with Gasteiger partial charge in [0.25, 0.3) is 5.91 Å². The fraction of sp³-hybridized carbons (Fsp3) is 0.304. The summed E-state index contributed by atoms with van der Waals surface area (Å²) in [5, 5.41) is 16.2. The van der Waals surface area contributed by atoms with Crippen molar-refractivity contribution >= 4 is 34.0 Å². The lowest BCUT2D eigenvalue weighted by atomic mass is 10.1. The van der Waals surface area contributed by atoms with Crippen LogP contribution in [-0.2, 0) is 0 Å². The topological polar surface area (TPSA) is 108 Å². The summed E-state index contributed by atoms with van der Waals surface area (Å²) in [4.78, 5) is 28.1. The van der Waals surface area contributed by atoms with Gasteiger partial charge in [-0.1, -0.05) is 0 Å². The number of hydrogen-bond acceptors (Lipinski definition) is 7. The number of nitrogens with zero attached hydrogens (tertiary/aromatic N) is 5. The lowest BCUT2D eigenvalue weighted by Gasteiger charge is -2.38. The highest BCUT2D eigenvalue weighted by Gasteiger charge is 2.25. The first-order chi connectivity index (χ1) is 15.8. The van der Waals surface area contributed by atoms with Crippen molar-refractivity contribution in [1.82, 2.24) is 24.7 Å². The monoisotopic (exact) mass is 449 g/mol. The molecule has 1 fully saturated rings. The molecular weight excluding hydrogens is 425 g/mol. The van der Waals surface area contributed by atoms with Gasteiger partial charge in [-0.3, -0.25) is 4.79 Å². The molecule has 1 saturated heterocycles. The Bertz CT molecular complexity index is 1380. The number of amides is 1.